The van der Waals surface area contributed by atoms with E-state index in [2.05, 4.69) is 12.2 Å². The van der Waals surface area contributed by atoms with Crippen molar-refractivity contribution in [2.45, 2.75) is 44.8 Å². The lowest BCUT2D eigenvalue weighted by atomic mass is 10.1. The van der Waals surface area contributed by atoms with Crippen LogP contribution in [-0.2, 0) is 0 Å². The summed E-state index contributed by atoms with van der Waals surface area (Å²) in [4.78, 5) is 0. The van der Waals surface area contributed by atoms with E-state index >= 15 is 0 Å². The summed E-state index contributed by atoms with van der Waals surface area (Å²) in [5, 5.41) is 2.95. The van der Waals surface area contributed by atoms with Crippen LogP contribution < -0.4 is 5.32 Å². The topological polar surface area (TPSA) is 12.0 Å². The Kier molecular flexibility index (Phi) is 3.59. The second-order valence-electron chi connectivity index (χ2n) is 3.93. The Labute approximate surface area is 76.7 Å². The summed E-state index contributed by atoms with van der Waals surface area (Å²) < 4.78 is 35.3. The Morgan fingerprint density at radius 2 is 2.00 bits per heavy atom. The molecule has 1 aliphatic carbocycles. The maximum atomic E-state index is 11.8. The Hall–Kier alpha value is -0.250. The van der Waals surface area contributed by atoms with Gasteiger partial charge in [-0.05, 0) is 25.2 Å². The van der Waals surface area contributed by atoms with E-state index in [1.54, 1.807) is 0 Å². The van der Waals surface area contributed by atoms with Crippen LogP contribution in [0.15, 0.2) is 0 Å². The molecule has 1 aliphatic rings. The van der Waals surface area contributed by atoms with Crippen molar-refractivity contribution >= 4 is 0 Å². The second kappa shape index (κ2) is 4.31. The molecule has 0 saturated heterocycles. The van der Waals surface area contributed by atoms with Crippen LogP contribution in [0, 0.1) is 5.92 Å². The van der Waals surface area contributed by atoms with Crippen LogP contribution >= 0.6 is 0 Å². The molecule has 2 atom stereocenters. The fourth-order valence-electron chi connectivity index (χ4n) is 1.81. The van der Waals surface area contributed by atoms with Crippen molar-refractivity contribution in [3.05, 3.63) is 0 Å². The fourth-order valence-corrected chi connectivity index (χ4v) is 1.81. The highest BCUT2D eigenvalue weighted by molar-refractivity contribution is 4.78. The predicted molar refractivity (Wildman–Crippen MR) is 45.5 cm³/mol. The molecule has 0 amide bonds. The fraction of sp³-hybridized carbons (Fsp3) is 1.00. The first-order chi connectivity index (χ1) is 5.97. The molecule has 2 unspecified atom stereocenters. The lowest BCUT2D eigenvalue weighted by Gasteiger charge is -2.13. The molecule has 78 valence electrons. The number of alkyl halides is 3. The van der Waals surface area contributed by atoms with Gasteiger partial charge in [0.05, 0.1) is 6.42 Å². The van der Waals surface area contributed by atoms with E-state index in [1.807, 2.05) is 0 Å². The summed E-state index contributed by atoms with van der Waals surface area (Å²) in [7, 11) is 0. The number of halogens is 3. The molecule has 0 aromatic rings. The van der Waals surface area contributed by atoms with E-state index in [0.29, 0.717) is 12.0 Å². The van der Waals surface area contributed by atoms with Crippen molar-refractivity contribution < 1.29 is 13.2 Å². The first-order valence-electron chi connectivity index (χ1n) is 4.77. The van der Waals surface area contributed by atoms with Gasteiger partial charge in [0.15, 0.2) is 0 Å². The van der Waals surface area contributed by atoms with Crippen LogP contribution in [0.2, 0.25) is 0 Å². The van der Waals surface area contributed by atoms with Crippen molar-refractivity contribution in [3.8, 4) is 0 Å². The summed E-state index contributed by atoms with van der Waals surface area (Å²) in [6.45, 7) is 2.21. The molecule has 0 radical (unpaired) electrons. The number of hydrogen-bond acceptors (Lipinski definition) is 1. The Bertz CT molecular complexity index is 155. The van der Waals surface area contributed by atoms with Crippen molar-refractivity contribution in [3.63, 3.8) is 0 Å². The van der Waals surface area contributed by atoms with E-state index in [-0.39, 0.29) is 6.54 Å². The smallest absolute Gasteiger partial charge is 0.314 e. The average molecular weight is 195 g/mol. The zero-order valence-corrected chi connectivity index (χ0v) is 7.82. The van der Waals surface area contributed by atoms with Gasteiger partial charge in [0, 0.05) is 12.6 Å². The van der Waals surface area contributed by atoms with Gasteiger partial charge in [-0.1, -0.05) is 6.92 Å². The maximum Gasteiger partial charge on any atom is 0.390 e. The summed E-state index contributed by atoms with van der Waals surface area (Å²) in [5.41, 5.74) is 0. The monoisotopic (exact) mass is 195 g/mol. The van der Waals surface area contributed by atoms with Crippen LogP contribution in [0.25, 0.3) is 0 Å². The largest absolute Gasteiger partial charge is 0.390 e. The minimum Gasteiger partial charge on any atom is -0.314 e. The van der Waals surface area contributed by atoms with Gasteiger partial charge in [0.2, 0.25) is 0 Å². The van der Waals surface area contributed by atoms with E-state index in [0.717, 1.165) is 19.3 Å². The van der Waals surface area contributed by atoms with Gasteiger partial charge in [-0.15, -0.1) is 0 Å². The minimum atomic E-state index is -4.02. The van der Waals surface area contributed by atoms with Gasteiger partial charge >= 0.3 is 6.18 Å². The molecule has 0 aromatic heterocycles. The SMILES string of the molecule is CC1CCC(NCCC(F)(F)F)C1. The molecule has 1 saturated carbocycles. The van der Waals surface area contributed by atoms with Crippen molar-refractivity contribution in [2.24, 2.45) is 5.92 Å². The molecule has 0 aromatic carbocycles. The normalized spacial score (nSPS) is 29.5. The molecule has 1 nitrogen and oxygen atoms in total. The third kappa shape index (κ3) is 4.50. The van der Waals surface area contributed by atoms with Crippen molar-refractivity contribution in [2.75, 3.05) is 6.54 Å². The number of rotatable bonds is 3. The van der Waals surface area contributed by atoms with Crippen molar-refractivity contribution in [1.82, 2.24) is 5.32 Å². The van der Waals surface area contributed by atoms with Crippen LogP contribution in [0.1, 0.15) is 32.6 Å². The molecule has 13 heavy (non-hydrogen) atoms. The van der Waals surface area contributed by atoms with Gasteiger partial charge in [0.1, 0.15) is 0 Å². The standard InChI is InChI=1S/C9H16F3N/c1-7-2-3-8(6-7)13-5-4-9(10,11)12/h7-8,13H,2-6H2,1H3. The third-order valence-electron chi connectivity index (χ3n) is 2.54. The van der Waals surface area contributed by atoms with Crippen molar-refractivity contribution in [1.29, 1.82) is 0 Å². The molecule has 1 rings (SSSR count). The lowest BCUT2D eigenvalue weighted by Crippen LogP contribution is -2.30. The second-order valence-corrected chi connectivity index (χ2v) is 3.93. The van der Waals surface area contributed by atoms with Crippen LogP contribution in [0.4, 0.5) is 13.2 Å². The summed E-state index contributed by atoms with van der Waals surface area (Å²) in [6, 6.07) is 0.317. The third-order valence-corrected chi connectivity index (χ3v) is 2.54. The average Bonchev–Trinajstić information content (AvgIpc) is 2.33. The zero-order valence-electron chi connectivity index (χ0n) is 7.82. The van der Waals surface area contributed by atoms with Gasteiger partial charge < -0.3 is 5.32 Å². The molecule has 1 N–H and O–H groups in total. The molecule has 0 aliphatic heterocycles. The first kappa shape index (κ1) is 10.8. The molecule has 1 fully saturated rings. The molecule has 0 spiro atoms. The van der Waals surface area contributed by atoms with Gasteiger partial charge in [0.25, 0.3) is 0 Å². The summed E-state index contributed by atoms with van der Waals surface area (Å²) in [6.07, 6.45) is -1.53. The van der Waals surface area contributed by atoms with Gasteiger partial charge in [-0.25, -0.2) is 0 Å². The summed E-state index contributed by atoms with van der Waals surface area (Å²) >= 11 is 0. The van der Waals surface area contributed by atoms with E-state index in [1.165, 1.54) is 0 Å². The quantitative estimate of drug-likeness (QED) is 0.730. The highest BCUT2D eigenvalue weighted by Gasteiger charge is 2.27. The van der Waals surface area contributed by atoms with Crippen LogP contribution in [-0.4, -0.2) is 18.8 Å². The Morgan fingerprint density at radius 3 is 2.46 bits per heavy atom. The van der Waals surface area contributed by atoms with E-state index in [4.69, 9.17) is 0 Å². The van der Waals surface area contributed by atoms with E-state index < -0.39 is 12.6 Å². The zero-order chi connectivity index (χ0) is 9.90. The molecule has 4 heteroatoms. The molecule has 0 bridgehead atoms. The maximum absolute atomic E-state index is 11.8. The minimum absolute atomic E-state index is 0.0703. The van der Waals surface area contributed by atoms with Crippen LogP contribution in [0.5, 0.6) is 0 Å². The summed E-state index contributed by atoms with van der Waals surface area (Å²) in [5.74, 6) is 0.670. The lowest BCUT2D eigenvalue weighted by molar-refractivity contribution is -0.133. The predicted octanol–water partition coefficient (Wildman–Crippen LogP) is 2.72. The molecular weight excluding hydrogens is 179 g/mol. The molecule has 0 heterocycles. The highest BCUT2D eigenvalue weighted by atomic mass is 19.4. The highest BCUT2D eigenvalue weighted by Crippen LogP contribution is 2.25. The van der Waals surface area contributed by atoms with Crippen LogP contribution in [0.3, 0.4) is 0 Å². The van der Waals surface area contributed by atoms with Gasteiger partial charge in [-0.2, -0.15) is 13.2 Å². The number of hydrogen-bond donors (Lipinski definition) is 1. The van der Waals surface area contributed by atoms with Gasteiger partial charge in [-0.3, -0.25) is 0 Å². The Balaban J connectivity index is 2.07. The van der Waals surface area contributed by atoms with E-state index in [9.17, 15) is 13.2 Å². The first-order valence-corrected chi connectivity index (χ1v) is 4.77. The number of nitrogens with one attached hydrogen (secondary N) is 1. The molecular formula is C9H16F3N. The Morgan fingerprint density at radius 1 is 1.31 bits per heavy atom.